The largest absolute Gasteiger partial charge is 0.497 e. The van der Waals surface area contributed by atoms with Crippen molar-refractivity contribution in [2.75, 3.05) is 46.3 Å². The van der Waals surface area contributed by atoms with Gasteiger partial charge in [0.2, 0.25) is 0 Å². The van der Waals surface area contributed by atoms with Crippen LogP contribution in [0.5, 0.6) is 11.5 Å². The maximum Gasteiger partial charge on any atom is 0.260 e. The number of nitrogens with zero attached hydrogens (tertiary/aromatic N) is 3. The minimum Gasteiger partial charge on any atom is -0.497 e. The second-order valence-corrected chi connectivity index (χ2v) is 7.68. The van der Waals surface area contributed by atoms with Crippen molar-refractivity contribution >= 4 is 32.6 Å². The van der Waals surface area contributed by atoms with Gasteiger partial charge in [0, 0.05) is 18.2 Å². The van der Waals surface area contributed by atoms with E-state index in [-0.39, 0.29) is 5.91 Å². The number of aromatic nitrogens is 1. The maximum absolute atomic E-state index is 13.3. The van der Waals surface area contributed by atoms with E-state index in [1.54, 1.807) is 31.3 Å². The van der Waals surface area contributed by atoms with E-state index in [9.17, 15) is 4.79 Å². The van der Waals surface area contributed by atoms with Gasteiger partial charge in [-0.2, -0.15) is 0 Å². The fourth-order valence-corrected chi connectivity index (χ4v) is 3.85. The average molecular weight is 400 g/mol. The Morgan fingerprint density at radius 3 is 2.50 bits per heavy atom. The molecule has 0 unspecified atom stereocenters. The zero-order chi connectivity index (χ0) is 20.1. The molecule has 0 spiro atoms. The summed E-state index contributed by atoms with van der Waals surface area (Å²) in [6, 6.07) is 13.0. The van der Waals surface area contributed by atoms with Gasteiger partial charge in [0.15, 0.2) is 5.13 Å². The number of carbonyl (C=O) groups is 1. The van der Waals surface area contributed by atoms with E-state index in [0.717, 1.165) is 28.9 Å². The number of benzene rings is 2. The Labute approximate surface area is 169 Å². The number of hydrogen-bond donors (Lipinski definition) is 0. The zero-order valence-corrected chi connectivity index (χ0v) is 17.5. The summed E-state index contributed by atoms with van der Waals surface area (Å²) < 4.78 is 11.6. The summed E-state index contributed by atoms with van der Waals surface area (Å²) in [6.45, 7) is 1.48. The van der Waals surface area contributed by atoms with Crippen molar-refractivity contribution in [1.82, 2.24) is 9.88 Å². The van der Waals surface area contributed by atoms with Crippen molar-refractivity contribution in [2.24, 2.45) is 0 Å². The van der Waals surface area contributed by atoms with Crippen molar-refractivity contribution < 1.29 is 14.3 Å². The highest BCUT2D eigenvalue weighted by molar-refractivity contribution is 7.22. The SMILES string of the molecule is COc1cccc(C(=O)N(CCCN(C)C)c2nc3cc(OC)ccc3s2)c1. The molecule has 0 aliphatic carbocycles. The molecule has 3 rings (SSSR count). The Bertz CT molecular complexity index is 955. The lowest BCUT2D eigenvalue weighted by molar-refractivity contribution is 0.0985. The molecule has 7 heteroatoms. The first-order valence-electron chi connectivity index (χ1n) is 9.07. The first-order valence-corrected chi connectivity index (χ1v) is 9.88. The van der Waals surface area contributed by atoms with Crippen LogP contribution in [-0.2, 0) is 0 Å². The lowest BCUT2D eigenvalue weighted by atomic mass is 10.2. The monoisotopic (exact) mass is 399 g/mol. The summed E-state index contributed by atoms with van der Waals surface area (Å²) in [5.41, 5.74) is 1.41. The van der Waals surface area contributed by atoms with Gasteiger partial charge in [-0.3, -0.25) is 9.69 Å². The number of hydrogen-bond acceptors (Lipinski definition) is 6. The molecule has 148 valence electrons. The summed E-state index contributed by atoms with van der Waals surface area (Å²) in [5.74, 6) is 1.33. The van der Waals surface area contributed by atoms with E-state index < -0.39 is 0 Å². The second-order valence-electron chi connectivity index (χ2n) is 6.68. The topological polar surface area (TPSA) is 54.9 Å². The molecule has 0 saturated heterocycles. The van der Waals surface area contributed by atoms with Crippen LogP contribution in [0.3, 0.4) is 0 Å². The van der Waals surface area contributed by atoms with Gasteiger partial charge in [-0.1, -0.05) is 17.4 Å². The second kappa shape index (κ2) is 9.03. The number of fused-ring (bicyclic) bond motifs is 1. The van der Waals surface area contributed by atoms with Crippen LogP contribution < -0.4 is 14.4 Å². The van der Waals surface area contributed by atoms with Crippen LogP contribution in [0.2, 0.25) is 0 Å². The molecule has 0 N–H and O–H groups in total. The Hall–Kier alpha value is -2.64. The fourth-order valence-electron chi connectivity index (χ4n) is 2.88. The number of amides is 1. The van der Waals surface area contributed by atoms with Crippen LogP contribution in [0.4, 0.5) is 5.13 Å². The van der Waals surface area contributed by atoms with E-state index in [0.29, 0.717) is 23.0 Å². The number of ether oxygens (including phenoxy) is 2. The molecule has 2 aromatic carbocycles. The number of methoxy groups -OCH3 is 2. The van der Waals surface area contributed by atoms with Gasteiger partial charge in [0.25, 0.3) is 5.91 Å². The molecule has 1 amide bonds. The first kappa shape index (κ1) is 20.1. The Kier molecular flexibility index (Phi) is 6.49. The van der Waals surface area contributed by atoms with Gasteiger partial charge < -0.3 is 14.4 Å². The van der Waals surface area contributed by atoms with Gasteiger partial charge in [0.1, 0.15) is 11.5 Å². The molecule has 6 nitrogen and oxygen atoms in total. The maximum atomic E-state index is 13.3. The highest BCUT2D eigenvalue weighted by Gasteiger charge is 2.21. The lowest BCUT2D eigenvalue weighted by Crippen LogP contribution is -2.33. The minimum atomic E-state index is -0.0799. The van der Waals surface area contributed by atoms with Crippen molar-refractivity contribution in [2.45, 2.75) is 6.42 Å². The predicted molar refractivity (Wildman–Crippen MR) is 114 cm³/mol. The quantitative estimate of drug-likeness (QED) is 0.575. The highest BCUT2D eigenvalue weighted by atomic mass is 32.1. The van der Waals surface area contributed by atoms with E-state index in [2.05, 4.69) is 4.90 Å². The minimum absolute atomic E-state index is 0.0799. The zero-order valence-electron chi connectivity index (χ0n) is 16.6. The Balaban J connectivity index is 1.94. The van der Waals surface area contributed by atoms with Gasteiger partial charge in [-0.05, 0) is 57.4 Å². The summed E-state index contributed by atoms with van der Waals surface area (Å²) in [6.07, 6.45) is 0.849. The van der Waals surface area contributed by atoms with Gasteiger partial charge in [0.05, 0.1) is 24.4 Å². The van der Waals surface area contributed by atoms with Crippen molar-refractivity contribution in [3.05, 3.63) is 48.0 Å². The fraction of sp³-hybridized carbons (Fsp3) is 0.333. The number of carbonyl (C=O) groups excluding carboxylic acids is 1. The van der Waals surface area contributed by atoms with Crippen LogP contribution in [0.25, 0.3) is 10.2 Å². The van der Waals surface area contributed by atoms with E-state index >= 15 is 0 Å². The summed E-state index contributed by atoms with van der Waals surface area (Å²) in [4.78, 5) is 21.9. The van der Waals surface area contributed by atoms with E-state index in [1.807, 2.05) is 44.4 Å². The number of rotatable bonds is 8. The molecular formula is C21H25N3O3S. The Morgan fingerprint density at radius 2 is 1.79 bits per heavy atom. The summed E-state index contributed by atoms with van der Waals surface area (Å²) >= 11 is 1.51. The van der Waals surface area contributed by atoms with Crippen LogP contribution >= 0.6 is 11.3 Å². The lowest BCUT2D eigenvalue weighted by Gasteiger charge is -2.21. The van der Waals surface area contributed by atoms with Crippen LogP contribution in [-0.4, -0.2) is 57.2 Å². The molecule has 0 aliphatic rings. The molecule has 0 aliphatic heterocycles. The van der Waals surface area contributed by atoms with Crippen molar-refractivity contribution in [3.8, 4) is 11.5 Å². The molecule has 3 aromatic rings. The van der Waals surface area contributed by atoms with Crippen LogP contribution in [0, 0.1) is 0 Å². The van der Waals surface area contributed by atoms with Crippen molar-refractivity contribution in [3.63, 3.8) is 0 Å². The van der Waals surface area contributed by atoms with Crippen LogP contribution in [0.15, 0.2) is 42.5 Å². The van der Waals surface area contributed by atoms with Crippen molar-refractivity contribution in [1.29, 1.82) is 0 Å². The standard InChI is InChI=1S/C21H25N3O3S/c1-23(2)11-6-12-24(20(25)15-7-5-8-16(13-15)26-3)21-22-18-14-17(27-4)9-10-19(18)28-21/h5,7-10,13-14H,6,11-12H2,1-4H3. The molecule has 1 aromatic heterocycles. The first-order chi connectivity index (χ1) is 13.5. The molecule has 0 radical (unpaired) electrons. The molecule has 0 atom stereocenters. The Morgan fingerprint density at radius 1 is 1.04 bits per heavy atom. The number of thiazole rings is 1. The number of anilines is 1. The van der Waals surface area contributed by atoms with E-state index in [4.69, 9.17) is 14.5 Å². The summed E-state index contributed by atoms with van der Waals surface area (Å²) in [7, 11) is 7.28. The average Bonchev–Trinajstić information content (AvgIpc) is 3.13. The van der Waals surface area contributed by atoms with Crippen LogP contribution in [0.1, 0.15) is 16.8 Å². The molecule has 0 bridgehead atoms. The molecule has 0 saturated carbocycles. The van der Waals surface area contributed by atoms with E-state index in [1.165, 1.54) is 11.3 Å². The molecule has 28 heavy (non-hydrogen) atoms. The van der Waals surface area contributed by atoms with Gasteiger partial charge >= 0.3 is 0 Å². The highest BCUT2D eigenvalue weighted by Crippen LogP contribution is 2.32. The molecule has 0 fully saturated rings. The normalized spacial score (nSPS) is 11.0. The smallest absolute Gasteiger partial charge is 0.260 e. The molecular weight excluding hydrogens is 374 g/mol. The summed E-state index contributed by atoms with van der Waals surface area (Å²) in [5, 5.41) is 0.690. The van der Waals surface area contributed by atoms with Gasteiger partial charge in [-0.15, -0.1) is 0 Å². The predicted octanol–water partition coefficient (Wildman–Crippen LogP) is 3.91. The third-order valence-electron chi connectivity index (χ3n) is 4.36. The third kappa shape index (κ3) is 4.61. The molecule has 1 heterocycles. The van der Waals surface area contributed by atoms with Gasteiger partial charge in [-0.25, -0.2) is 4.98 Å². The third-order valence-corrected chi connectivity index (χ3v) is 5.42.